The van der Waals surface area contributed by atoms with Gasteiger partial charge in [0.1, 0.15) is 0 Å². The molecule has 1 amide bonds. The third-order valence-electron chi connectivity index (χ3n) is 3.10. The van der Waals surface area contributed by atoms with Gasteiger partial charge in [-0.3, -0.25) is 4.79 Å². The molecule has 0 aromatic rings. The van der Waals surface area contributed by atoms with Crippen molar-refractivity contribution >= 4 is 5.91 Å². The Morgan fingerprint density at radius 3 is 2.73 bits per heavy atom. The molecule has 2 unspecified atom stereocenters. The Morgan fingerprint density at radius 1 is 1.60 bits per heavy atom. The normalized spacial score (nSPS) is 23.9. The average molecular weight is 213 g/mol. The molecule has 0 saturated carbocycles. The molecule has 0 radical (unpaired) electrons. The van der Waals surface area contributed by atoms with Crippen molar-refractivity contribution < 1.29 is 4.79 Å². The number of rotatable bonds is 5. The van der Waals surface area contributed by atoms with Crippen LogP contribution in [0.1, 0.15) is 19.8 Å². The van der Waals surface area contributed by atoms with Gasteiger partial charge in [-0.25, -0.2) is 0 Å². The molecular weight excluding hydrogens is 190 g/mol. The number of nitrogens with two attached hydrogens (primary N) is 1. The third kappa shape index (κ3) is 3.47. The van der Waals surface area contributed by atoms with Crippen molar-refractivity contribution in [2.75, 3.05) is 33.7 Å². The van der Waals surface area contributed by atoms with Crippen molar-refractivity contribution in [3.63, 3.8) is 0 Å². The molecule has 0 aliphatic carbocycles. The quantitative estimate of drug-likeness (QED) is 0.706. The molecule has 0 bridgehead atoms. The standard InChI is InChI=1S/C11H23N3O/c1-9(4-5-13(2)3)14-8-10(7-12)6-11(14)15/h9-10H,4-8,12H2,1-3H3. The lowest BCUT2D eigenvalue weighted by molar-refractivity contribution is -0.129. The first-order chi connectivity index (χ1) is 7.04. The highest BCUT2D eigenvalue weighted by molar-refractivity contribution is 5.79. The van der Waals surface area contributed by atoms with Crippen molar-refractivity contribution in [3.8, 4) is 0 Å². The summed E-state index contributed by atoms with van der Waals surface area (Å²) in [5, 5.41) is 0. The Bertz CT molecular complexity index is 218. The van der Waals surface area contributed by atoms with Crippen LogP contribution in [0.5, 0.6) is 0 Å². The first kappa shape index (κ1) is 12.5. The molecule has 15 heavy (non-hydrogen) atoms. The SMILES string of the molecule is CC(CCN(C)C)N1CC(CN)CC1=O. The maximum atomic E-state index is 11.7. The second-order valence-electron chi connectivity index (χ2n) is 4.79. The van der Waals surface area contributed by atoms with E-state index in [2.05, 4.69) is 25.9 Å². The number of carbonyl (C=O) groups excluding carboxylic acids is 1. The minimum absolute atomic E-state index is 0.275. The van der Waals surface area contributed by atoms with Gasteiger partial charge in [-0.2, -0.15) is 0 Å². The summed E-state index contributed by atoms with van der Waals surface area (Å²) in [4.78, 5) is 15.8. The smallest absolute Gasteiger partial charge is 0.223 e. The zero-order valence-corrected chi connectivity index (χ0v) is 10.1. The van der Waals surface area contributed by atoms with E-state index in [1.54, 1.807) is 0 Å². The van der Waals surface area contributed by atoms with Crippen molar-refractivity contribution in [3.05, 3.63) is 0 Å². The molecule has 4 heteroatoms. The second kappa shape index (κ2) is 5.47. The average Bonchev–Trinajstić information content (AvgIpc) is 2.56. The summed E-state index contributed by atoms with van der Waals surface area (Å²) in [7, 11) is 4.11. The number of hydrogen-bond acceptors (Lipinski definition) is 3. The van der Waals surface area contributed by atoms with Crippen LogP contribution in [0, 0.1) is 5.92 Å². The van der Waals surface area contributed by atoms with E-state index in [0.29, 0.717) is 24.9 Å². The fourth-order valence-electron chi connectivity index (χ4n) is 1.99. The van der Waals surface area contributed by atoms with Crippen LogP contribution in [-0.4, -0.2) is 55.5 Å². The van der Waals surface area contributed by atoms with Gasteiger partial charge in [0.2, 0.25) is 5.91 Å². The van der Waals surface area contributed by atoms with Crippen molar-refractivity contribution in [2.24, 2.45) is 11.7 Å². The summed E-state index contributed by atoms with van der Waals surface area (Å²) >= 11 is 0. The number of nitrogens with zero attached hydrogens (tertiary/aromatic N) is 2. The minimum Gasteiger partial charge on any atom is -0.340 e. The summed E-state index contributed by atoms with van der Waals surface area (Å²) in [6.45, 7) is 4.63. The summed E-state index contributed by atoms with van der Waals surface area (Å²) in [6, 6.07) is 0.344. The van der Waals surface area contributed by atoms with Gasteiger partial charge < -0.3 is 15.5 Å². The highest BCUT2D eigenvalue weighted by atomic mass is 16.2. The highest BCUT2D eigenvalue weighted by Gasteiger charge is 2.31. The van der Waals surface area contributed by atoms with E-state index in [-0.39, 0.29) is 5.91 Å². The molecule has 1 fully saturated rings. The maximum absolute atomic E-state index is 11.7. The molecule has 1 aliphatic heterocycles. The zero-order chi connectivity index (χ0) is 11.4. The summed E-state index contributed by atoms with van der Waals surface area (Å²) < 4.78 is 0. The third-order valence-corrected chi connectivity index (χ3v) is 3.10. The van der Waals surface area contributed by atoms with E-state index in [9.17, 15) is 4.79 Å². The van der Waals surface area contributed by atoms with Gasteiger partial charge in [0, 0.05) is 19.0 Å². The summed E-state index contributed by atoms with van der Waals surface area (Å²) in [5.41, 5.74) is 5.59. The fourth-order valence-corrected chi connectivity index (χ4v) is 1.99. The number of likely N-dealkylation sites (tertiary alicyclic amines) is 1. The van der Waals surface area contributed by atoms with Gasteiger partial charge in [-0.05, 0) is 46.4 Å². The van der Waals surface area contributed by atoms with Crippen LogP contribution in [0.25, 0.3) is 0 Å². The van der Waals surface area contributed by atoms with E-state index in [1.165, 1.54) is 0 Å². The van der Waals surface area contributed by atoms with E-state index >= 15 is 0 Å². The van der Waals surface area contributed by atoms with Crippen LogP contribution >= 0.6 is 0 Å². The molecule has 4 nitrogen and oxygen atoms in total. The van der Waals surface area contributed by atoms with E-state index < -0.39 is 0 Å². The maximum Gasteiger partial charge on any atom is 0.223 e. The molecule has 0 spiro atoms. The van der Waals surface area contributed by atoms with Crippen LogP contribution in [0.3, 0.4) is 0 Å². The van der Waals surface area contributed by atoms with Gasteiger partial charge in [0.15, 0.2) is 0 Å². The van der Waals surface area contributed by atoms with E-state index in [0.717, 1.165) is 19.5 Å². The Kier molecular flexibility index (Phi) is 4.54. The van der Waals surface area contributed by atoms with Crippen molar-refractivity contribution in [2.45, 2.75) is 25.8 Å². The van der Waals surface area contributed by atoms with Crippen LogP contribution in [0.4, 0.5) is 0 Å². The first-order valence-corrected chi connectivity index (χ1v) is 5.68. The van der Waals surface area contributed by atoms with E-state index in [4.69, 9.17) is 5.73 Å². The molecule has 1 heterocycles. The number of amides is 1. The van der Waals surface area contributed by atoms with Crippen LogP contribution < -0.4 is 5.73 Å². The molecule has 1 rings (SSSR count). The number of hydrogen-bond donors (Lipinski definition) is 1. The summed E-state index contributed by atoms with van der Waals surface area (Å²) in [6.07, 6.45) is 1.68. The molecule has 1 saturated heterocycles. The predicted molar refractivity (Wildman–Crippen MR) is 61.5 cm³/mol. The van der Waals surface area contributed by atoms with Gasteiger partial charge in [0.05, 0.1) is 0 Å². The van der Waals surface area contributed by atoms with Crippen LogP contribution in [-0.2, 0) is 4.79 Å². The molecular formula is C11H23N3O. The van der Waals surface area contributed by atoms with Crippen molar-refractivity contribution in [1.82, 2.24) is 9.80 Å². The lowest BCUT2D eigenvalue weighted by Gasteiger charge is -2.26. The molecule has 0 aromatic carbocycles. The van der Waals surface area contributed by atoms with E-state index in [1.807, 2.05) is 4.90 Å². The van der Waals surface area contributed by atoms with Crippen LogP contribution in [0.15, 0.2) is 0 Å². The predicted octanol–water partition coefficient (Wildman–Crippen LogP) is 0.134. The van der Waals surface area contributed by atoms with Gasteiger partial charge in [-0.1, -0.05) is 0 Å². The lowest BCUT2D eigenvalue weighted by Crippen LogP contribution is -2.36. The Labute approximate surface area is 92.4 Å². The van der Waals surface area contributed by atoms with Crippen molar-refractivity contribution in [1.29, 1.82) is 0 Å². The lowest BCUT2D eigenvalue weighted by atomic mass is 10.1. The monoisotopic (exact) mass is 213 g/mol. The van der Waals surface area contributed by atoms with Crippen LogP contribution in [0.2, 0.25) is 0 Å². The Hall–Kier alpha value is -0.610. The minimum atomic E-state index is 0.275. The van der Waals surface area contributed by atoms with Gasteiger partial charge >= 0.3 is 0 Å². The zero-order valence-electron chi connectivity index (χ0n) is 10.1. The first-order valence-electron chi connectivity index (χ1n) is 5.68. The van der Waals surface area contributed by atoms with Gasteiger partial charge in [0.25, 0.3) is 0 Å². The topological polar surface area (TPSA) is 49.6 Å². The van der Waals surface area contributed by atoms with Gasteiger partial charge in [-0.15, -0.1) is 0 Å². The molecule has 1 aliphatic rings. The highest BCUT2D eigenvalue weighted by Crippen LogP contribution is 2.20. The second-order valence-corrected chi connectivity index (χ2v) is 4.79. The molecule has 2 N–H and O–H groups in total. The number of carbonyl (C=O) groups is 1. The molecule has 88 valence electrons. The Morgan fingerprint density at radius 2 is 2.27 bits per heavy atom. The largest absolute Gasteiger partial charge is 0.340 e. The summed E-state index contributed by atoms with van der Waals surface area (Å²) in [5.74, 6) is 0.649. The molecule has 0 aromatic heterocycles. The molecule has 2 atom stereocenters. The fraction of sp³-hybridized carbons (Fsp3) is 0.909. The Balaban J connectivity index is 2.39.